The van der Waals surface area contributed by atoms with E-state index in [2.05, 4.69) is 4.98 Å². The predicted molar refractivity (Wildman–Crippen MR) is 95.4 cm³/mol. The molecule has 1 aliphatic rings. The molecular formula is C19H14ClF2N3O3. The molecule has 3 rings (SSSR count). The molecule has 2 amide bonds. The zero-order valence-corrected chi connectivity index (χ0v) is 15.9. The summed E-state index contributed by atoms with van der Waals surface area (Å²) >= 11 is 6.15. The first-order valence-corrected chi connectivity index (χ1v) is 8.53. The van der Waals surface area contributed by atoms with Crippen LogP contribution in [0.1, 0.15) is 42.4 Å². The van der Waals surface area contributed by atoms with Gasteiger partial charge in [0.05, 0.1) is 45.7 Å². The molecule has 1 aromatic carbocycles. The van der Waals surface area contributed by atoms with Gasteiger partial charge in [-0.05, 0) is 39.0 Å². The van der Waals surface area contributed by atoms with Crippen LogP contribution in [0.4, 0.5) is 13.6 Å². The fourth-order valence-electron chi connectivity index (χ4n) is 2.74. The maximum Gasteiger partial charge on any atom is 0.417 e. The molecule has 1 aliphatic heterocycles. The molecule has 0 aliphatic carbocycles. The van der Waals surface area contributed by atoms with E-state index in [1.165, 1.54) is 0 Å². The summed E-state index contributed by atoms with van der Waals surface area (Å²) in [7, 11) is 0. The molecule has 6 nitrogen and oxygen atoms in total. The van der Waals surface area contributed by atoms with Crippen molar-refractivity contribution in [3.05, 3.63) is 51.7 Å². The molecule has 0 N–H and O–H groups in total. The number of benzene rings is 1. The van der Waals surface area contributed by atoms with Gasteiger partial charge in [-0.1, -0.05) is 11.6 Å². The van der Waals surface area contributed by atoms with Crippen molar-refractivity contribution in [3.63, 3.8) is 0 Å². The Bertz CT molecular complexity index is 1030. The van der Waals surface area contributed by atoms with E-state index in [9.17, 15) is 18.4 Å². The Morgan fingerprint density at radius 2 is 1.86 bits per heavy atom. The highest BCUT2D eigenvalue weighted by Gasteiger charge is 2.38. The van der Waals surface area contributed by atoms with Gasteiger partial charge in [0, 0.05) is 0 Å². The first-order chi connectivity index (χ1) is 13.0. The van der Waals surface area contributed by atoms with Crippen LogP contribution in [0.2, 0.25) is 5.02 Å². The summed E-state index contributed by atoms with van der Waals surface area (Å²) in [4.78, 5) is 29.7. The van der Waals surface area contributed by atoms with Gasteiger partial charge in [0.15, 0.2) is 0 Å². The van der Waals surface area contributed by atoms with E-state index in [1.54, 1.807) is 26.8 Å². The third-order valence-electron chi connectivity index (χ3n) is 3.85. The van der Waals surface area contributed by atoms with Gasteiger partial charge in [-0.15, -0.1) is 0 Å². The normalized spacial score (nSPS) is 13.3. The molecule has 144 valence electrons. The van der Waals surface area contributed by atoms with Gasteiger partial charge in [0.1, 0.15) is 17.2 Å². The smallest absolute Gasteiger partial charge is 0.417 e. The van der Waals surface area contributed by atoms with E-state index in [0.717, 1.165) is 23.1 Å². The average molecular weight is 406 g/mol. The highest BCUT2D eigenvalue weighted by atomic mass is 35.5. The van der Waals surface area contributed by atoms with Crippen LogP contribution in [-0.2, 0) is 11.3 Å². The summed E-state index contributed by atoms with van der Waals surface area (Å²) < 4.78 is 33.8. The summed E-state index contributed by atoms with van der Waals surface area (Å²) in [5.74, 6) is -2.68. The lowest BCUT2D eigenvalue weighted by Crippen LogP contribution is -2.36. The number of rotatable bonds is 1. The summed E-state index contributed by atoms with van der Waals surface area (Å²) in [5.41, 5.74) is -1.55. The molecule has 0 bridgehead atoms. The Balaban J connectivity index is 2.03. The number of hydrogen-bond acceptors (Lipinski definition) is 5. The number of nitrogens with zero attached hydrogens (tertiary/aromatic N) is 3. The topological polar surface area (TPSA) is 83.3 Å². The fourth-order valence-corrected chi connectivity index (χ4v) is 3.03. The Hall–Kier alpha value is -3.05. The van der Waals surface area contributed by atoms with Gasteiger partial charge in [-0.25, -0.2) is 23.5 Å². The lowest BCUT2D eigenvalue weighted by molar-refractivity contribution is 0.0247. The summed E-state index contributed by atoms with van der Waals surface area (Å²) in [6, 6.07) is 4.55. The highest BCUT2D eigenvalue weighted by molar-refractivity contribution is 6.34. The number of hydrogen-bond donors (Lipinski definition) is 0. The van der Waals surface area contributed by atoms with Crippen LogP contribution in [0.3, 0.4) is 0 Å². The Morgan fingerprint density at radius 1 is 1.25 bits per heavy atom. The van der Waals surface area contributed by atoms with Gasteiger partial charge in [-0.2, -0.15) is 5.26 Å². The monoisotopic (exact) mass is 405 g/mol. The van der Waals surface area contributed by atoms with Crippen molar-refractivity contribution in [3.8, 4) is 17.3 Å². The van der Waals surface area contributed by atoms with Crippen LogP contribution < -0.4 is 0 Å². The molecule has 0 radical (unpaired) electrons. The number of carbonyl (C=O) groups excluding carboxylic acids is 2. The minimum absolute atomic E-state index is 0.0225. The van der Waals surface area contributed by atoms with E-state index in [-0.39, 0.29) is 34.1 Å². The second-order valence-electron chi connectivity index (χ2n) is 7.11. The van der Waals surface area contributed by atoms with Gasteiger partial charge in [-0.3, -0.25) is 4.79 Å². The molecule has 1 aromatic heterocycles. The number of ether oxygens (including phenoxy) is 1. The number of halogens is 3. The second-order valence-corrected chi connectivity index (χ2v) is 7.52. The van der Waals surface area contributed by atoms with Crippen LogP contribution in [0, 0.1) is 23.0 Å². The molecule has 0 saturated carbocycles. The first kappa shape index (κ1) is 19.7. The first-order valence-electron chi connectivity index (χ1n) is 8.15. The number of carbonyl (C=O) groups is 2. The molecule has 2 aromatic rings. The predicted octanol–water partition coefficient (Wildman–Crippen LogP) is 4.44. The van der Waals surface area contributed by atoms with Crippen molar-refractivity contribution >= 4 is 23.6 Å². The second kappa shape index (κ2) is 6.84. The Morgan fingerprint density at radius 3 is 2.39 bits per heavy atom. The molecule has 9 heteroatoms. The zero-order valence-electron chi connectivity index (χ0n) is 15.1. The molecule has 28 heavy (non-hydrogen) atoms. The van der Waals surface area contributed by atoms with Crippen molar-refractivity contribution in [1.82, 2.24) is 9.88 Å². The highest BCUT2D eigenvalue weighted by Crippen LogP contribution is 2.34. The van der Waals surface area contributed by atoms with Crippen molar-refractivity contribution < 1.29 is 23.1 Å². The van der Waals surface area contributed by atoms with Crippen molar-refractivity contribution in [2.24, 2.45) is 0 Å². The number of amides is 2. The summed E-state index contributed by atoms with van der Waals surface area (Å²) in [6.45, 7) is 4.71. The van der Waals surface area contributed by atoms with Gasteiger partial charge in [0.2, 0.25) is 0 Å². The van der Waals surface area contributed by atoms with Crippen LogP contribution in [-0.4, -0.2) is 27.5 Å². The van der Waals surface area contributed by atoms with Gasteiger partial charge < -0.3 is 4.74 Å². The standard InChI is InChI=1S/C19H14ClF2N3O3/c1-19(2,3)28-18(27)25-8-14-15(17(25)26)10(20)6-13(24-14)16-11(21)4-9(7-23)5-12(16)22/h4-6H,8H2,1-3H3. The average Bonchev–Trinajstić information content (AvgIpc) is 2.90. The van der Waals surface area contributed by atoms with E-state index in [4.69, 9.17) is 21.6 Å². The minimum Gasteiger partial charge on any atom is -0.443 e. The van der Waals surface area contributed by atoms with Crippen LogP contribution >= 0.6 is 11.6 Å². The lowest BCUT2D eigenvalue weighted by Gasteiger charge is -2.23. The largest absolute Gasteiger partial charge is 0.443 e. The summed E-state index contributed by atoms with van der Waals surface area (Å²) in [6.07, 6.45) is -0.871. The number of pyridine rings is 1. The SMILES string of the molecule is CC(C)(C)OC(=O)N1Cc2nc(-c3c(F)cc(C#N)cc3F)cc(Cl)c2C1=O. The number of imide groups is 1. The third kappa shape index (κ3) is 3.53. The Labute approximate surface area is 164 Å². The molecule has 0 atom stereocenters. The fraction of sp³-hybridized carbons (Fsp3) is 0.263. The maximum atomic E-state index is 14.3. The van der Waals surface area contributed by atoms with Crippen molar-refractivity contribution in [1.29, 1.82) is 5.26 Å². The third-order valence-corrected chi connectivity index (χ3v) is 4.15. The molecule has 0 unspecified atom stereocenters. The van der Waals surface area contributed by atoms with Gasteiger partial charge >= 0.3 is 6.09 Å². The summed E-state index contributed by atoms with van der Waals surface area (Å²) in [5, 5.41) is 8.70. The van der Waals surface area contributed by atoms with Crippen LogP contribution in [0.5, 0.6) is 0 Å². The molecule has 0 fully saturated rings. The van der Waals surface area contributed by atoms with E-state index in [1.807, 2.05) is 0 Å². The van der Waals surface area contributed by atoms with E-state index < -0.39 is 34.8 Å². The van der Waals surface area contributed by atoms with Crippen LogP contribution in [0.25, 0.3) is 11.3 Å². The number of nitriles is 1. The zero-order chi connectivity index (χ0) is 20.8. The van der Waals surface area contributed by atoms with E-state index in [0.29, 0.717) is 0 Å². The van der Waals surface area contributed by atoms with Gasteiger partial charge in [0.25, 0.3) is 5.91 Å². The number of fused-ring (bicyclic) bond motifs is 1. The van der Waals surface area contributed by atoms with E-state index >= 15 is 0 Å². The molecule has 0 spiro atoms. The van der Waals surface area contributed by atoms with Crippen LogP contribution in [0.15, 0.2) is 18.2 Å². The molecule has 0 saturated heterocycles. The quantitative estimate of drug-likeness (QED) is 0.700. The number of aromatic nitrogens is 1. The molecule has 2 heterocycles. The lowest BCUT2D eigenvalue weighted by atomic mass is 10.1. The maximum absolute atomic E-state index is 14.3. The minimum atomic E-state index is -0.992. The molecular weight excluding hydrogens is 392 g/mol. The van der Waals surface area contributed by atoms with Crippen molar-refractivity contribution in [2.75, 3.05) is 0 Å². The Kier molecular flexibility index (Phi) is 4.81. The van der Waals surface area contributed by atoms with Crippen molar-refractivity contribution in [2.45, 2.75) is 32.9 Å².